The van der Waals surface area contributed by atoms with E-state index in [1.807, 2.05) is 4.57 Å². The molecule has 0 radical (unpaired) electrons. The zero-order valence-electron chi connectivity index (χ0n) is 10.0. The average Bonchev–Trinajstić information content (AvgIpc) is 2.67. The second kappa shape index (κ2) is 7.29. The molecule has 1 N–H and O–H groups in total. The molecule has 0 spiro atoms. The summed E-state index contributed by atoms with van der Waals surface area (Å²) in [6.07, 6.45) is 1.82. The summed E-state index contributed by atoms with van der Waals surface area (Å²) >= 11 is 1.19. The van der Waals surface area contributed by atoms with Crippen LogP contribution in [0.25, 0.3) is 0 Å². The minimum absolute atomic E-state index is 0.00274. The lowest BCUT2D eigenvalue weighted by Gasteiger charge is -2.08. The average molecular weight is 259 g/mol. The number of nitrogens with zero attached hydrogens (tertiary/aromatic N) is 3. The number of thioether (sulfide) groups is 1. The van der Waals surface area contributed by atoms with Gasteiger partial charge in [0.1, 0.15) is 5.82 Å². The Morgan fingerprint density at radius 3 is 2.88 bits per heavy atom. The first-order valence-electron chi connectivity index (χ1n) is 5.44. The third kappa shape index (κ3) is 4.35. The number of methoxy groups -OCH3 is 1. The lowest BCUT2D eigenvalue weighted by Crippen LogP contribution is -2.10. The number of hydrogen-bond donors (Lipinski definition) is 1. The normalized spacial score (nSPS) is 10.7. The summed E-state index contributed by atoms with van der Waals surface area (Å²) in [4.78, 5) is 10.5. The van der Waals surface area contributed by atoms with Crippen molar-refractivity contribution >= 4 is 17.7 Å². The minimum Gasteiger partial charge on any atom is -0.481 e. The van der Waals surface area contributed by atoms with Crippen LogP contribution in [0.2, 0.25) is 0 Å². The Balaban J connectivity index is 2.75. The van der Waals surface area contributed by atoms with E-state index in [0.29, 0.717) is 18.3 Å². The third-order valence-corrected chi connectivity index (χ3v) is 3.06. The molecule has 6 nitrogen and oxygen atoms in total. The lowest BCUT2D eigenvalue weighted by molar-refractivity contribution is -0.133. The molecule has 7 heteroatoms. The van der Waals surface area contributed by atoms with Crippen LogP contribution in [0.15, 0.2) is 5.16 Å². The minimum atomic E-state index is -0.853. The van der Waals surface area contributed by atoms with Gasteiger partial charge in [0.05, 0.1) is 12.4 Å². The summed E-state index contributed by atoms with van der Waals surface area (Å²) in [5.41, 5.74) is 0. The van der Waals surface area contributed by atoms with Gasteiger partial charge in [0, 0.05) is 20.1 Å². The van der Waals surface area contributed by atoms with Crippen LogP contribution in [-0.4, -0.2) is 45.3 Å². The van der Waals surface area contributed by atoms with Gasteiger partial charge in [-0.25, -0.2) is 0 Å². The number of aliphatic carboxylic acids is 1. The van der Waals surface area contributed by atoms with E-state index >= 15 is 0 Å². The molecule has 0 aromatic carbocycles. The van der Waals surface area contributed by atoms with Crippen LogP contribution >= 0.6 is 11.8 Å². The maximum atomic E-state index is 10.5. The molecule has 0 unspecified atom stereocenters. The fourth-order valence-electron chi connectivity index (χ4n) is 1.37. The van der Waals surface area contributed by atoms with Crippen LogP contribution in [0.3, 0.4) is 0 Å². The Labute approximate surface area is 104 Å². The molecule has 0 amide bonds. The van der Waals surface area contributed by atoms with Gasteiger partial charge in [-0.3, -0.25) is 4.79 Å². The van der Waals surface area contributed by atoms with Crippen LogP contribution in [0.5, 0.6) is 0 Å². The van der Waals surface area contributed by atoms with Crippen LogP contribution < -0.4 is 0 Å². The van der Waals surface area contributed by atoms with E-state index in [-0.39, 0.29) is 5.75 Å². The smallest absolute Gasteiger partial charge is 0.313 e. The number of aryl methyl sites for hydroxylation is 1. The van der Waals surface area contributed by atoms with E-state index in [9.17, 15) is 4.79 Å². The van der Waals surface area contributed by atoms with E-state index in [4.69, 9.17) is 9.84 Å². The van der Waals surface area contributed by atoms with Gasteiger partial charge >= 0.3 is 5.97 Å². The van der Waals surface area contributed by atoms with Crippen LogP contribution in [0.1, 0.15) is 19.2 Å². The molecule has 0 aliphatic carbocycles. The number of carboxylic acids is 1. The monoisotopic (exact) mass is 259 g/mol. The molecule has 17 heavy (non-hydrogen) atoms. The van der Waals surface area contributed by atoms with Gasteiger partial charge in [0.25, 0.3) is 0 Å². The summed E-state index contributed by atoms with van der Waals surface area (Å²) < 4.78 is 6.96. The van der Waals surface area contributed by atoms with Gasteiger partial charge in [-0.05, 0) is 6.42 Å². The molecule has 0 fully saturated rings. The first-order chi connectivity index (χ1) is 8.19. The number of rotatable bonds is 8. The molecule has 0 saturated heterocycles. The second-order valence-corrected chi connectivity index (χ2v) is 4.42. The Hall–Kier alpha value is -1.08. The van der Waals surface area contributed by atoms with Crippen molar-refractivity contribution in [2.45, 2.75) is 31.5 Å². The van der Waals surface area contributed by atoms with Gasteiger partial charge in [0.2, 0.25) is 0 Å². The number of carboxylic acid groups (broad SMARTS) is 1. The molecule has 0 aliphatic heterocycles. The molecular formula is C10H17N3O3S. The molecule has 0 bridgehead atoms. The summed E-state index contributed by atoms with van der Waals surface area (Å²) in [5.74, 6) is 0.0304. The molecule has 96 valence electrons. The van der Waals surface area contributed by atoms with E-state index in [2.05, 4.69) is 17.1 Å². The van der Waals surface area contributed by atoms with Gasteiger partial charge in [0.15, 0.2) is 5.16 Å². The van der Waals surface area contributed by atoms with Gasteiger partial charge in [-0.1, -0.05) is 18.7 Å². The number of aromatic nitrogens is 3. The van der Waals surface area contributed by atoms with Crippen molar-refractivity contribution in [2.75, 3.05) is 19.5 Å². The summed E-state index contributed by atoms with van der Waals surface area (Å²) in [5, 5.41) is 17.4. The van der Waals surface area contributed by atoms with Crippen molar-refractivity contribution in [3.63, 3.8) is 0 Å². The van der Waals surface area contributed by atoms with Crippen molar-refractivity contribution in [1.29, 1.82) is 0 Å². The summed E-state index contributed by atoms with van der Waals surface area (Å²) in [6, 6.07) is 0. The predicted molar refractivity (Wildman–Crippen MR) is 64.3 cm³/mol. The van der Waals surface area contributed by atoms with Gasteiger partial charge in [-0.15, -0.1) is 10.2 Å². The van der Waals surface area contributed by atoms with E-state index in [0.717, 1.165) is 18.7 Å². The van der Waals surface area contributed by atoms with Crippen LogP contribution in [0, 0.1) is 0 Å². The maximum absolute atomic E-state index is 10.5. The molecule has 1 rings (SSSR count). The van der Waals surface area contributed by atoms with Crippen molar-refractivity contribution in [3.05, 3.63) is 5.82 Å². The Morgan fingerprint density at radius 1 is 1.53 bits per heavy atom. The summed E-state index contributed by atoms with van der Waals surface area (Å²) in [6.45, 7) is 3.29. The zero-order valence-corrected chi connectivity index (χ0v) is 10.9. The first kappa shape index (κ1) is 14.0. The van der Waals surface area contributed by atoms with Gasteiger partial charge in [-0.2, -0.15) is 0 Å². The topological polar surface area (TPSA) is 77.2 Å². The fraction of sp³-hybridized carbons (Fsp3) is 0.700. The highest BCUT2D eigenvalue weighted by Gasteiger charge is 2.12. The second-order valence-electron chi connectivity index (χ2n) is 3.48. The fourth-order valence-corrected chi connectivity index (χ4v) is 2.07. The first-order valence-corrected chi connectivity index (χ1v) is 6.43. The van der Waals surface area contributed by atoms with E-state index in [1.165, 1.54) is 11.8 Å². The summed E-state index contributed by atoms with van der Waals surface area (Å²) in [7, 11) is 1.63. The van der Waals surface area contributed by atoms with Crippen molar-refractivity contribution < 1.29 is 14.6 Å². The molecule has 1 aromatic rings. The van der Waals surface area contributed by atoms with E-state index < -0.39 is 5.97 Å². The zero-order chi connectivity index (χ0) is 12.7. The van der Waals surface area contributed by atoms with Crippen molar-refractivity contribution in [3.8, 4) is 0 Å². The van der Waals surface area contributed by atoms with Crippen molar-refractivity contribution in [1.82, 2.24) is 14.8 Å². The molecule has 1 aromatic heterocycles. The molecular weight excluding hydrogens is 242 g/mol. The molecule has 1 heterocycles. The highest BCUT2D eigenvalue weighted by Crippen LogP contribution is 2.17. The Kier molecular flexibility index (Phi) is 5.99. The molecule has 0 aliphatic rings. The lowest BCUT2D eigenvalue weighted by atomic mass is 10.3. The number of hydrogen-bond acceptors (Lipinski definition) is 5. The number of carbonyl (C=O) groups is 1. The molecule has 0 saturated carbocycles. The van der Waals surface area contributed by atoms with Crippen LogP contribution in [0.4, 0.5) is 0 Å². The third-order valence-electron chi connectivity index (χ3n) is 2.11. The highest BCUT2D eigenvalue weighted by molar-refractivity contribution is 7.99. The van der Waals surface area contributed by atoms with Crippen molar-refractivity contribution in [2.24, 2.45) is 0 Å². The number of ether oxygens (including phenoxy) is 1. The molecule has 0 atom stereocenters. The Morgan fingerprint density at radius 2 is 2.29 bits per heavy atom. The maximum Gasteiger partial charge on any atom is 0.313 e. The quantitative estimate of drug-likeness (QED) is 0.703. The standard InChI is InChI=1S/C10H17N3O3S/c1-3-4-8-11-12-10(17-7-9(14)15)13(8)5-6-16-2/h3-7H2,1-2H3,(H,14,15). The van der Waals surface area contributed by atoms with Crippen LogP contribution in [-0.2, 0) is 22.5 Å². The largest absolute Gasteiger partial charge is 0.481 e. The predicted octanol–water partition coefficient (Wildman–Crippen LogP) is 1.05. The highest BCUT2D eigenvalue weighted by atomic mass is 32.2. The van der Waals surface area contributed by atoms with E-state index in [1.54, 1.807) is 7.11 Å². The van der Waals surface area contributed by atoms with Gasteiger partial charge < -0.3 is 14.4 Å². The Bertz CT molecular complexity index is 368. The SMILES string of the molecule is CCCc1nnc(SCC(=O)O)n1CCOC.